The van der Waals surface area contributed by atoms with Crippen molar-refractivity contribution in [1.29, 1.82) is 0 Å². The smallest absolute Gasteiger partial charge is 0.273 e. The Morgan fingerprint density at radius 2 is 1.76 bits per heavy atom. The summed E-state index contributed by atoms with van der Waals surface area (Å²) in [4.78, 5) is 31.2. The molecule has 1 aromatic heterocycles. The molecule has 1 heterocycles. The van der Waals surface area contributed by atoms with Gasteiger partial charge in [0.25, 0.3) is 11.8 Å². The van der Waals surface area contributed by atoms with Gasteiger partial charge in [-0.05, 0) is 44.4 Å². The number of pyridine rings is 1. The van der Waals surface area contributed by atoms with Gasteiger partial charge in [0.05, 0.1) is 0 Å². The molecular weight excluding hydrogens is 314 g/mol. The number of amides is 2. The number of hydrogen-bond acceptors (Lipinski definition) is 3. The Hall–Kier alpha value is -2.69. The fourth-order valence-corrected chi connectivity index (χ4v) is 2.58. The molecule has 130 valence electrons. The van der Waals surface area contributed by atoms with Crippen LogP contribution in [-0.2, 0) is 6.54 Å². The van der Waals surface area contributed by atoms with Crippen LogP contribution in [0.2, 0.25) is 0 Å². The lowest BCUT2D eigenvalue weighted by Crippen LogP contribution is -2.37. The van der Waals surface area contributed by atoms with Crippen molar-refractivity contribution >= 4 is 11.8 Å². The van der Waals surface area contributed by atoms with Crippen molar-refractivity contribution in [3.8, 4) is 0 Å². The van der Waals surface area contributed by atoms with E-state index in [1.54, 1.807) is 23.1 Å². The van der Waals surface area contributed by atoms with Gasteiger partial charge >= 0.3 is 0 Å². The zero-order valence-corrected chi connectivity index (χ0v) is 14.6. The summed E-state index contributed by atoms with van der Waals surface area (Å²) >= 11 is 0. The van der Waals surface area contributed by atoms with Gasteiger partial charge in [0.15, 0.2) is 0 Å². The number of benzene rings is 1. The summed E-state index contributed by atoms with van der Waals surface area (Å²) in [6.07, 6.45) is 2.03. The standard InChI is InChI=1S/C20H23N3O2/c1-14(2)23(13-15-7-4-3-5-8-15)20(25)18-10-6-9-17(22-18)19(24)21-16-11-12-16/h3-10,14,16H,11-13H2,1-2H3,(H,21,24). The van der Waals surface area contributed by atoms with E-state index in [0.717, 1.165) is 18.4 Å². The van der Waals surface area contributed by atoms with Crippen LogP contribution in [0.4, 0.5) is 0 Å². The number of rotatable bonds is 6. The predicted octanol–water partition coefficient (Wildman–Crippen LogP) is 3.02. The van der Waals surface area contributed by atoms with Crippen LogP contribution in [0.3, 0.4) is 0 Å². The molecule has 2 aromatic rings. The second kappa shape index (κ2) is 7.47. The number of hydrogen-bond donors (Lipinski definition) is 1. The fraction of sp³-hybridized carbons (Fsp3) is 0.350. The van der Waals surface area contributed by atoms with Crippen molar-refractivity contribution in [2.45, 2.75) is 45.3 Å². The molecular formula is C20H23N3O2. The monoisotopic (exact) mass is 337 g/mol. The molecule has 3 rings (SSSR count). The first-order valence-electron chi connectivity index (χ1n) is 8.67. The molecule has 2 amide bonds. The maximum Gasteiger partial charge on any atom is 0.273 e. The van der Waals surface area contributed by atoms with Crippen molar-refractivity contribution in [3.05, 3.63) is 65.5 Å². The molecule has 5 nitrogen and oxygen atoms in total. The van der Waals surface area contributed by atoms with Crippen LogP contribution in [0.15, 0.2) is 48.5 Å². The van der Waals surface area contributed by atoms with E-state index >= 15 is 0 Å². The van der Waals surface area contributed by atoms with Crippen LogP contribution in [-0.4, -0.2) is 33.8 Å². The molecule has 0 aliphatic heterocycles. The quantitative estimate of drug-likeness (QED) is 0.881. The first kappa shape index (κ1) is 17.1. The third-order valence-electron chi connectivity index (χ3n) is 4.19. The third-order valence-corrected chi connectivity index (χ3v) is 4.19. The van der Waals surface area contributed by atoms with Crippen LogP contribution < -0.4 is 5.32 Å². The van der Waals surface area contributed by atoms with Gasteiger partial charge in [-0.3, -0.25) is 9.59 Å². The largest absolute Gasteiger partial charge is 0.348 e. The van der Waals surface area contributed by atoms with Crippen molar-refractivity contribution in [2.75, 3.05) is 0 Å². The number of nitrogens with one attached hydrogen (secondary N) is 1. The number of aromatic nitrogens is 1. The molecule has 25 heavy (non-hydrogen) atoms. The Morgan fingerprint density at radius 3 is 2.40 bits per heavy atom. The summed E-state index contributed by atoms with van der Waals surface area (Å²) in [5.74, 6) is -0.378. The Morgan fingerprint density at radius 1 is 1.08 bits per heavy atom. The van der Waals surface area contributed by atoms with Gasteiger partial charge in [-0.2, -0.15) is 0 Å². The maximum atomic E-state index is 12.9. The zero-order chi connectivity index (χ0) is 17.8. The van der Waals surface area contributed by atoms with E-state index in [0.29, 0.717) is 17.9 Å². The van der Waals surface area contributed by atoms with Crippen LogP contribution in [0, 0.1) is 0 Å². The summed E-state index contributed by atoms with van der Waals surface area (Å²) in [5.41, 5.74) is 1.65. The van der Waals surface area contributed by atoms with E-state index in [-0.39, 0.29) is 23.9 Å². The van der Waals surface area contributed by atoms with Crippen molar-refractivity contribution in [3.63, 3.8) is 0 Å². The van der Waals surface area contributed by atoms with Crippen LogP contribution in [0.25, 0.3) is 0 Å². The molecule has 1 saturated carbocycles. The number of nitrogens with zero attached hydrogens (tertiary/aromatic N) is 2. The molecule has 0 bridgehead atoms. The van der Waals surface area contributed by atoms with E-state index in [9.17, 15) is 9.59 Å². The van der Waals surface area contributed by atoms with Crippen molar-refractivity contribution in [2.24, 2.45) is 0 Å². The van der Waals surface area contributed by atoms with Gasteiger partial charge in [-0.25, -0.2) is 4.98 Å². The number of carbonyl (C=O) groups is 2. The second-order valence-electron chi connectivity index (χ2n) is 6.67. The average molecular weight is 337 g/mol. The van der Waals surface area contributed by atoms with E-state index in [4.69, 9.17) is 0 Å². The molecule has 0 radical (unpaired) electrons. The zero-order valence-electron chi connectivity index (χ0n) is 14.6. The molecule has 1 N–H and O–H groups in total. The highest BCUT2D eigenvalue weighted by Crippen LogP contribution is 2.19. The summed E-state index contributed by atoms with van der Waals surface area (Å²) in [5, 5.41) is 2.90. The highest BCUT2D eigenvalue weighted by Gasteiger charge is 2.25. The fourth-order valence-electron chi connectivity index (χ4n) is 2.58. The summed E-state index contributed by atoms with van der Waals surface area (Å²) in [7, 11) is 0. The Bertz CT molecular complexity index is 755. The maximum absolute atomic E-state index is 12.9. The Kier molecular flexibility index (Phi) is 5.12. The first-order chi connectivity index (χ1) is 12.0. The lowest BCUT2D eigenvalue weighted by atomic mass is 10.1. The minimum atomic E-state index is -0.212. The van der Waals surface area contributed by atoms with Gasteiger partial charge in [0.2, 0.25) is 0 Å². The summed E-state index contributed by atoms with van der Waals surface area (Å²) in [6.45, 7) is 4.46. The van der Waals surface area contributed by atoms with E-state index in [1.165, 1.54) is 0 Å². The normalized spacial score (nSPS) is 13.6. The molecule has 0 saturated heterocycles. The van der Waals surface area contributed by atoms with E-state index in [2.05, 4.69) is 10.3 Å². The van der Waals surface area contributed by atoms with E-state index in [1.807, 2.05) is 44.2 Å². The minimum Gasteiger partial charge on any atom is -0.348 e. The van der Waals surface area contributed by atoms with Gasteiger partial charge in [-0.15, -0.1) is 0 Å². The Balaban J connectivity index is 1.78. The minimum absolute atomic E-state index is 0.0263. The topological polar surface area (TPSA) is 62.3 Å². The lowest BCUT2D eigenvalue weighted by Gasteiger charge is -2.26. The SMILES string of the molecule is CC(C)N(Cc1ccccc1)C(=O)c1cccc(C(=O)NC2CC2)n1. The molecule has 1 aliphatic rings. The molecule has 1 fully saturated rings. The average Bonchev–Trinajstić information content (AvgIpc) is 3.44. The van der Waals surface area contributed by atoms with Crippen molar-refractivity contribution < 1.29 is 9.59 Å². The van der Waals surface area contributed by atoms with Gasteiger partial charge in [0, 0.05) is 18.6 Å². The van der Waals surface area contributed by atoms with Crippen molar-refractivity contribution in [1.82, 2.24) is 15.2 Å². The van der Waals surface area contributed by atoms with Crippen LogP contribution in [0.5, 0.6) is 0 Å². The molecule has 5 heteroatoms. The predicted molar refractivity (Wildman–Crippen MR) is 96.2 cm³/mol. The molecule has 0 spiro atoms. The lowest BCUT2D eigenvalue weighted by molar-refractivity contribution is 0.0684. The van der Waals surface area contributed by atoms with E-state index < -0.39 is 0 Å². The summed E-state index contributed by atoms with van der Waals surface area (Å²) < 4.78 is 0. The number of carbonyl (C=O) groups excluding carboxylic acids is 2. The van der Waals surface area contributed by atoms with Crippen LogP contribution in [0.1, 0.15) is 53.2 Å². The molecule has 1 aromatic carbocycles. The highest BCUT2D eigenvalue weighted by atomic mass is 16.2. The molecule has 1 aliphatic carbocycles. The highest BCUT2D eigenvalue weighted by molar-refractivity contribution is 5.96. The van der Waals surface area contributed by atoms with Gasteiger partial charge < -0.3 is 10.2 Å². The third kappa shape index (κ3) is 4.44. The van der Waals surface area contributed by atoms with Crippen LogP contribution >= 0.6 is 0 Å². The summed E-state index contributed by atoms with van der Waals surface area (Å²) in [6, 6.07) is 15.2. The first-order valence-corrected chi connectivity index (χ1v) is 8.67. The second-order valence-corrected chi connectivity index (χ2v) is 6.67. The Labute approximate surface area is 148 Å². The molecule has 0 unspecified atom stereocenters. The van der Waals surface area contributed by atoms with Gasteiger partial charge in [0.1, 0.15) is 11.4 Å². The molecule has 0 atom stereocenters. The van der Waals surface area contributed by atoms with Gasteiger partial charge in [-0.1, -0.05) is 36.4 Å².